The van der Waals surface area contributed by atoms with Gasteiger partial charge in [-0.2, -0.15) is 4.98 Å². The zero-order valence-corrected chi connectivity index (χ0v) is 17.9. The number of anilines is 1. The van der Waals surface area contributed by atoms with E-state index in [-0.39, 0.29) is 42.8 Å². The fourth-order valence-corrected chi connectivity index (χ4v) is 3.96. The maximum absolute atomic E-state index is 13.5. The van der Waals surface area contributed by atoms with Crippen LogP contribution in [0.4, 0.5) is 15.1 Å². The van der Waals surface area contributed by atoms with Crippen LogP contribution in [0.25, 0.3) is 10.3 Å². The van der Waals surface area contributed by atoms with E-state index in [4.69, 9.17) is 4.74 Å². The van der Waals surface area contributed by atoms with Crippen LogP contribution in [0.2, 0.25) is 0 Å². The summed E-state index contributed by atoms with van der Waals surface area (Å²) in [5, 5.41) is 6.22. The minimum atomic E-state index is -0.535. The van der Waals surface area contributed by atoms with Crippen LogP contribution in [0, 0.1) is 12.7 Å². The van der Waals surface area contributed by atoms with Crippen LogP contribution in [0.15, 0.2) is 18.5 Å². The van der Waals surface area contributed by atoms with Crippen molar-refractivity contribution in [3.05, 3.63) is 40.5 Å². The monoisotopic (exact) mass is 445 g/mol. The van der Waals surface area contributed by atoms with Gasteiger partial charge in [0, 0.05) is 13.2 Å². The Labute approximate surface area is 180 Å². The largest absolute Gasteiger partial charge is 0.442 e. The summed E-state index contributed by atoms with van der Waals surface area (Å²) in [7, 11) is 1.48. The number of aromatic nitrogens is 4. The van der Waals surface area contributed by atoms with Crippen LogP contribution < -0.4 is 10.6 Å². The summed E-state index contributed by atoms with van der Waals surface area (Å²) in [6.45, 7) is 4.20. The molecule has 162 valence electrons. The van der Waals surface area contributed by atoms with Crippen LogP contribution in [-0.4, -0.2) is 63.1 Å². The summed E-state index contributed by atoms with van der Waals surface area (Å²) in [6, 6.07) is 1.02. The molecule has 2 amide bonds. The van der Waals surface area contributed by atoms with E-state index < -0.39 is 11.9 Å². The van der Waals surface area contributed by atoms with Crippen molar-refractivity contribution in [3.8, 4) is 0 Å². The SMILES string of the molecule is CNC(=O)OC1CN(C(=O)c2nc(NC(C)c3cncc(F)c3)nc3nc(C)sc23)C1. The van der Waals surface area contributed by atoms with Crippen molar-refractivity contribution in [2.24, 2.45) is 0 Å². The van der Waals surface area contributed by atoms with Gasteiger partial charge in [0.2, 0.25) is 5.95 Å². The number of nitrogens with one attached hydrogen (secondary N) is 2. The second kappa shape index (κ2) is 8.38. The Balaban J connectivity index is 1.57. The van der Waals surface area contributed by atoms with Gasteiger partial charge in [-0.25, -0.2) is 19.2 Å². The van der Waals surface area contributed by atoms with E-state index in [0.717, 1.165) is 11.2 Å². The van der Waals surface area contributed by atoms with Crippen molar-refractivity contribution >= 4 is 39.6 Å². The Hall–Kier alpha value is -3.41. The lowest BCUT2D eigenvalue weighted by Gasteiger charge is -2.37. The molecule has 3 aromatic heterocycles. The van der Waals surface area contributed by atoms with Crippen molar-refractivity contribution in [2.75, 3.05) is 25.5 Å². The molecule has 0 bridgehead atoms. The predicted molar refractivity (Wildman–Crippen MR) is 111 cm³/mol. The summed E-state index contributed by atoms with van der Waals surface area (Å²) in [5.74, 6) is -0.535. The molecule has 1 aliphatic rings. The number of alkyl carbamates (subject to hydrolysis) is 1. The van der Waals surface area contributed by atoms with Gasteiger partial charge in [0.25, 0.3) is 5.91 Å². The summed E-state index contributed by atoms with van der Waals surface area (Å²) in [4.78, 5) is 43.0. The first kappa shape index (κ1) is 20.8. The van der Waals surface area contributed by atoms with Gasteiger partial charge in [-0.05, 0) is 25.5 Å². The highest BCUT2D eigenvalue weighted by atomic mass is 32.1. The number of carbonyl (C=O) groups excluding carboxylic acids is 2. The number of thiazole rings is 1. The minimum Gasteiger partial charge on any atom is -0.442 e. The molecule has 0 aliphatic carbocycles. The molecule has 0 saturated carbocycles. The Morgan fingerprint density at radius 3 is 2.77 bits per heavy atom. The number of pyridine rings is 1. The van der Waals surface area contributed by atoms with Gasteiger partial charge in [-0.1, -0.05) is 0 Å². The van der Waals surface area contributed by atoms with Gasteiger partial charge in [0.1, 0.15) is 16.6 Å². The predicted octanol–water partition coefficient (Wildman–Crippen LogP) is 2.28. The molecule has 12 heteroatoms. The zero-order chi connectivity index (χ0) is 22.1. The molecule has 2 N–H and O–H groups in total. The maximum Gasteiger partial charge on any atom is 0.407 e. The number of hydrogen-bond donors (Lipinski definition) is 2. The van der Waals surface area contributed by atoms with Gasteiger partial charge >= 0.3 is 6.09 Å². The van der Waals surface area contributed by atoms with Gasteiger partial charge in [0.15, 0.2) is 11.3 Å². The standard InChI is InChI=1S/C19H20FN7O3S/c1-9(11-4-12(20)6-22-5-11)23-18-25-14(15-16(26-18)24-10(2)31-15)17(28)27-7-13(8-27)30-19(29)21-3/h4-6,9,13H,7-8H2,1-3H3,(H,21,29)(H,23,25,26). The first-order valence-electron chi connectivity index (χ1n) is 9.54. The molecule has 4 rings (SSSR count). The van der Waals surface area contributed by atoms with Crippen molar-refractivity contribution in [3.63, 3.8) is 0 Å². The molecule has 1 unspecified atom stereocenters. The summed E-state index contributed by atoms with van der Waals surface area (Å²) in [6.07, 6.45) is 1.78. The average molecular weight is 445 g/mol. The van der Waals surface area contributed by atoms with Crippen molar-refractivity contribution < 1.29 is 18.7 Å². The van der Waals surface area contributed by atoms with E-state index in [1.54, 1.807) is 11.1 Å². The number of nitrogens with zero attached hydrogens (tertiary/aromatic N) is 5. The molecule has 0 radical (unpaired) electrons. The fraction of sp³-hybridized carbons (Fsp3) is 0.368. The van der Waals surface area contributed by atoms with Crippen LogP contribution >= 0.6 is 11.3 Å². The molecule has 1 aliphatic heterocycles. The Morgan fingerprint density at radius 2 is 2.06 bits per heavy atom. The highest BCUT2D eigenvalue weighted by Gasteiger charge is 2.36. The molecule has 4 heterocycles. The molecule has 10 nitrogen and oxygen atoms in total. The maximum atomic E-state index is 13.5. The number of hydrogen-bond acceptors (Lipinski definition) is 9. The number of fused-ring (bicyclic) bond motifs is 1. The lowest BCUT2D eigenvalue weighted by atomic mass is 10.1. The summed E-state index contributed by atoms with van der Waals surface area (Å²) < 4.78 is 19.2. The topological polar surface area (TPSA) is 122 Å². The molecular weight excluding hydrogens is 425 g/mol. The van der Waals surface area contributed by atoms with Crippen molar-refractivity contribution in [2.45, 2.75) is 26.0 Å². The van der Waals surface area contributed by atoms with Crippen molar-refractivity contribution in [1.29, 1.82) is 0 Å². The third-order valence-electron chi connectivity index (χ3n) is 4.75. The first-order chi connectivity index (χ1) is 14.8. The van der Waals surface area contributed by atoms with Gasteiger partial charge in [-0.3, -0.25) is 9.78 Å². The molecule has 3 aromatic rings. The zero-order valence-electron chi connectivity index (χ0n) is 17.0. The Kier molecular flexibility index (Phi) is 5.63. The number of amides is 2. The Morgan fingerprint density at radius 1 is 1.29 bits per heavy atom. The van der Waals surface area contributed by atoms with E-state index in [0.29, 0.717) is 15.9 Å². The number of ether oxygens (including phenoxy) is 1. The lowest BCUT2D eigenvalue weighted by Crippen LogP contribution is -2.56. The second-order valence-corrected chi connectivity index (χ2v) is 8.27. The average Bonchev–Trinajstić information content (AvgIpc) is 3.09. The molecule has 1 atom stereocenters. The molecule has 0 spiro atoms. The third-order valence-corrected chi connectivity index (χ3v) is 5.71. The van der Waals surface area contributed by atoms with E-state index >= 15 is 0 Å². The Bertz CT molecular complexity index is 1150. The highest BCUT2D eigenvalue weighted by Crippen LogP contribution is 2.28. The third kappa shape index (κ3) is 4.38. The van der Waals surface area contributed by atoms with Crippen LogP contribution in [0.3, 0.4) is 0 Å². The second-order valence-electron chi connectivity index (χ2n) is 7.07. The molecule has 1 saturated heterocycles. The van der Waals surface area contributed by atoms with Crippen LogP contribution in [0.1, 0.15) is 34.0 Å². The molecule has 31 heavy (non-hydrogen) atoms. The normalized spacial score (nSPS) is 14.8. The summed E-state index contributed by atoms with van der Waals surface area (Å²) in [5.41, 5.74) is 1.25. The number of likely N-dealkylation sites (tertiary alicyclic amines) is 1. The number of rotatable bonds is 5. The van der Waals surface area contributed by atoms with E-state index in [1.807, 2.05) is 13.8 Å². The molecular formula is C19H20FN7O3S. The number of halogens is 1. The van der Waals surface area contributed by atoms with E-state index in [2.05, 4.69) is 30.6 Å². The van der Waals surface area contributed by atoms with E-state index in [9.17, 15) is 14.0 Å². The number of carbonyl (C=O) groups is 2. The number of aryl methyl sites for hydroxylation is 1. The summed E-state index contributed by atoms with van der Waals surface area (Å²) >= 11 is 1.33. The van der Waals surface area contributed by atoms with E-state index in [1.165, 1.54) is 24.5 Å². The van der Waals surface area contributed by atoms with Gasteiger partial charge < -0.3 is 20.3 Å². The minimum absolute atomic E-state index is 0.205. The van der Waals surface area contributed by atoms with Crippen LogP contribution in [-0.2, 0) is 4.74 Å². The molecule has 0 aromatic carbocycles. The van der Waals surface area contributed by atoms with Crippen molar-refractivity contribution in [1.82, 2.24) is 30.2 Å². The van der Waals surface area contributed by atoms with Gasteiger partial charge in [-0.15, -0.1) is 11.3 Å². The highest BCUT2D eigenvalue weighted by molar-refractivity contribution is 7.18. The van der Waals surface area contributed by atoms with Gasteiger partial charge in [0.05, 0.1) is 30.3 Å². The quantitative estimate of drug-likeness (QED) is 0.613. The molecule has 1 fully saturated rings. The van der Waals surface area contributed by atoms with Crippen LogP contribution in [0.5, 0.6) is 0 Å². The fourth-order valence-electron chi connectivity index (χ4n) is 3.12. The smallest absolute Gasteiger partial charge is 0.407 e. The lowest BCUT2D eigenvalue weighted by molar-refractivity contribution is -0.00604. The first-order valence-corrected chi connectivity index (χ1v) is 10.4.